The molecule has 204 valence electrons. The van der Waals surface area contributed by atoms with E-state index in [1.807, 2.05) is 24.3 Å². The summed E-state index contributed by atoms with van der Waals surface area (Å²) < 4.78 is 18.8. The van der Waals surface area contributed by atoms with Crippen molar-refractivity contribution in [1.29, 1.82) is 0 Å². The number of aromatic nitrogens is 3. The minimum atomic E-state index is -0.619. The quantitative estimate of drug-likeness (QED) is 0.285. The van der Waals surface area contributed by atoms with Gasteiger partial charge < -0.3 is 20.5 Å². The highest BCUT2D eigenvalue weighted by atomic mass is 19.1. The van der Waals surface area contributed by atoms with Crippen LogP contribution in [-0.4, -0.2) is 57.3 Å². The molecule has 1 atom stereocenters. The lowest BCUT2D eigenvalue weighted by atomic mass is 9.95. The summed E-state index contributed by atoms with van der Waals surface area (Å²) in [5, 5.41) is 12.6. The third-order valence-corrected chi connectivity index (χ3v) is 8.21. The lowest BCUT2D eigenvalue weighted by Gasteiger charge is -2.24. The number of pyridine rings is 1. The average Bonchev–Trinajstić information content (AvgIpc) is 3.57. The van der Waals surface area contributed by atoms with Crippen molar-refractivity contribution >= 4 is 45.4 Å². The second-order valence-electron chi connectivity index (χ2n) is 10.6. The van der Waals surface area contributed by atoms with E-state index in [-0.39, 0.29) is 23.6 Å². The highest BCUT2D eigenvalue weighted by Gasteiger charge is 2.36. The third-order valence-electron chi connectivity index (χ3n) is 8.21. The predicted molar refractivity (Wildman–Crippen MR) is 146 cm³/mol. The number of hydrogen-bond donors (Lipinski definition) is 4. The molecular formula is C29H28FN7O3. The lowest BCUT2D eigenvalue weighted by Crippen LogP contribution is -2.47. The van der Waals surface area contributed by atoms with Gasteiger partial charge in [-0.05, 0) is 55.1 Å². The number of piperidine rings is 1. The fraction of sp³-hybridized carbons (Fsp3) is 0.310. The monoisotopic (exact) mass is 541 g/mol. The van der Waals surface area contributed by atoms with Crippen LogP contribution in [0.2, 0.25) is 0 Å². The lowest BCUT2D eigenvalue weighted by molar-refractivity contribution is -0.124. The van der Waals surface area contributed by atoms with Gasteiger partial charge in [0.1, 0.15) is 11.7 Å². The highest BCUT2D eigenvalue weighted by Crippen LogP contribution is 2.38. The highest BCUT2D eigenvalue weighted by molar-refractivity contribution is 6.49. The van der Waals surface area contributed by atoms with Gasteiger partial charge in [-0.1, -0.05) is 18.2 Å². The standard InChI is InChI=1S/C29H28FN7O3/c30-22-11-19-18(24-25(29(40)35-28(24)39)21-14-33-23-3-1-2-10-36(21)23)5-4-17-13-32-20(15-37(22)26(17)19)27(38)34-12-16-6-8-31-9-7-16/h1-5,10-11,14,16,20,31-32H,6-9,12-13,15H2,(H,34,38)(H,35,39,40). The molecule has 7 rings (SSSR count). The maximum atomic E-state index is 15.5. The summed E-state index contributed by atoms with van der Waals surface area (Å²) in [5.41, 5.74) is 3.33. The SMILES string of the molecule is O=C1NC(=O)C(c2cnc3ccccn23)=C1c1ccc2c3c1cc(F)n3CC(C(=O)NCC1CCNCC1)NC2. The smallest absolute Gasteiger partial charge is 0.261 e. The summed E-state index contributed by atoms with van der Waals surface area (Å²) in [5.74, 6) is -1.31. The van der Waals surface area contributed by atoms with Gasteiger partial charge in [-0.3, -0.25) is 24.1 Å². The number of halogens is 1. The first-order valence-electron chi connectivity index (χ1n) is 13.5. The van der Waals surface area contributed by atoms with Gasteiger partial charge in [-0.25, -0.2) is 4.98 Å². The van der Waals surface area contributed by atoms with Crippen molar-refractivity contribution < 1.29 is 18.8 Å². The summed E-state index contributed by atoms with van der Waals surface area (Å²) in [7, 11) is 0. The molecule has 40 heavy (non-hydrogen) atoms. The van der Waals surface area contributed by atoms with Crippen LogP contribution in [0.5, 0.6) is 0 Å². The number of carbonyl (C=O) groups excluding carboxylic acids is 3. The van der Waals surface area contributed by atoms with E-state index in [1.165, 1.54) is 10.6 Å². The average molecular weight is 542 g/mol. The molecule has 1 saturated heterocycles. The Bertz CT molecular complexity index is 1730. The van der Waals surface area contributed by atoms with Crippen molar-refractivity contribution in [3.63, 3.8) is 0 Å². The van der Waals surface area contributed by atoms with E-state index < -0.39 is 23.8 Å². The molecule has 0 spiro atoms. The van der Waals surface area contributed by atoms with E-state index in [9.17, 15) is 14.4 Å². The van der Waals surface area contributed by atoms with Gasteiger partial charge in [0, 0.05) is 37.3 Å². The van der Waals surface area contributed by atoms with Crippen molar-refractivity contribution in [2.45, 2.75) is 32.0 Å². The van der Waals surface area contributed by atoms with Crippen LogP contribution in [0.1, 0.15) is 29.7 Å². The Morgan fingerprint density at radius 1 is 1.10 bits per heavy atom. The Morgan fingerprint density at radius 2 is 1.93 bits per heavy atom. The number of nitrogens with zero attached hydrogens (tertiary/aromatic N) is 3. The summed E-state index contributed by atoms with van der Waals surface area (Å²) in [4.78, 5) is 43.7. The molecule has 1 fully saturated rings. The van der Waals surface area contributed by atoms with E-state index in [2.05, 4.69) is 26.3 Å². The summed E-state index contributed by atoms with van der Waals surface area (Å²) in [6.45, 7) is 2.96. The molecule has 1 unspecified atom stereocenters. The fourth-order valence-electron chi connectivity index (χ4n) is 6.14. The van der Waals surface area contributed by atoms with Crippen molar-refractivity contribution in [3.05, 3.63) is 71.6 Å². The molecule has 0 saturated carbocycles. The maximum Gasteiger partial charge on any atom is 0.261 e. The van der Waals surface area contributed by atoms with Crippen LogP contribution in [0, 0.1) is 11.9 Å². The first-order valence-corrected chi connectivity index (χ1v) is 13.5. The van der Waals surface area contributed by atoms with Gasteiger partial charge in [-0.15, -0.1) is 0 Å². The van der Waals surface area contributed by atoms with Crippen LogP contribution in [0.15, 0.2) is 48.8 Å². The van der Waals surface area contributed by atoms with Crippen molar-refractivity contribution in [1.82, 2.24) is 35.2 Å². The molecule has 3 aromatic heterocycles. The van der Waals surface area contributed by atoms with Crippen LogP contribution in [0.4, 0.5) is 4.39 Å². The normalized spacial score (nSPS) is 19.9. The topological polar surface area (TPSA) is 122 Å². The van der Waals surface area contributed by atoms with E-state index in [1.54, 1.807) is 22.9 Å². The van der Waals surface area contributed by atoms with E-state index in [0.29, 0.717) is 46.8 Å². The number of hydrogen-bond acceptors (Lipinski definition) is 6. The second kappa shape index (κ2) is 9.68. The number of fused-ring (bicyclic) bond motifs is 1. The molecule has 10 nitrogen and oxygen atoms in total. The summed E-state index contributed by atoms with van der Waals surface area (Å²) in [6, 6.07) is 9.80. The number of imidazole rings is 1. The predicted octanol–water partition coefficient (Wildman–Crippen LogP) is 1.58. The zero-order valence-electron chi connectivity index (χ0n) is 21.7. The van der Waals surface area contributed by atoms with Crippen LogP contribution in [-0.2, 0) is 27.5 Å². The number of imide groups is 1. The first kappa shape index (κ1) is 24.7. The van der Waals surface area contributed by atoms with Gasteiger partial charge in [-0.2, -0.15) is 4.39 Å². The maximum absolute atomic E-state index is 15.5. The molecule has 1 aromatic carbocycles. The van der Waals surface area contributed by atoms with Crippen molar-refractivity contribution in [2.75, 3.05) is 19.6 Å². The zero-order valence-corrected chi connectivity index (χ0v) is 21.7. The van der Waals surface area contributed by atoms with Crippen LogP contribution < -0.4 is 21.3 Å². The number of rotatable bonds is 5. The van der Waals surface area contributed by atoms with Crippen molar-refractivity contribution in [2.24, 2.45) is 5.92 Å². The van der Waals surface area contributed by atoms with Gasteiger partial charge in [0.05, 0.1) is 28.6 Å². The molecular weight excluding hydrogens is 513 g/mol. The molecule has 0 aliphatic carbocycles. The first-order chi connectivity index (χ1) is 19.5. The number of nitrogens with one attached hydrogen (secondary N) is 4. The molecule has 4 aromatic rings. The Labute approximate surface area is 228 Å². The summed E-state index contributed by atoms with van der Waals surface area (Å²) >= 11 is 0. The molecule has 3 aliphatic heterocycles. The molecule has 0 bridgehead atoms. The molecule has 3 aliphatic rings. The number of carbonyl (C=O) groups is 3. The fourth-order valence-corrected chi connectivity index (χ4v) is 6.14. The minimum absolute atomic E-state index is 0.105. The number of amides is 3. The Hall–Kier alpha value is -4.35. The summed E-state index contributed by atoms with van der Waals surface area (Å²) in [6.07, 6.45) is 5.37. The largest absolute Gasteiger partial charge is 0.354 e. The Morgan fingerprint density at radius 3 is 2.77 bits per heavy atom. The van der Waals surface area contributed by atoms with Gasteiger partial charge in [0.2, 0.25) is 5.91 Å². The third kappa shape index (κ3) is 4.00. The molecule has 6 heterocycles. The Balaban J connectivity index is 1.27. The molecule has 4 N–H and O–H groups in total. The minimum Gasteiger partial charge on any atom is -0.354 e. The Kier molecular flexibility index (Phi) is 5.97. The zero-order chi connectivity index (χ0) is 27.4. The van der Waals surface area contributed by atoms with E-state index >= 15 is 4.39 Å². The van der Waals surface area contributed by atoms with Gasteiger partial charge in [0.15, 0.2) is 5.95 Å². The van der Waals surface area contributed by atoms with E-state index in [4.69, 9.17) is 0 Å². The molecule has 11 heteroatoms. The van der Waals surface area contributed by atoms with Gasteiger partial charge >= 0.3 is 0 Å². The van der Waals surface area contributed by atoms with Crippen LogP contribution in [0.3, 0.4) is 0 Å². The van der Waals surface area contributed by atoms with Gasteiger partial charge in [0.25, 0.3) is 11.8 Å². The molecule has 0 radical (unpaired) electrons. The van der Waals surface area contributed by atoms with Crippen LogP contribution >= 0.6 is 0 Å². The second-order valence-corrected chi connectivity index (χ2v) is 10.6. The van der Waals surface area contributed by atoms with E-state index in [0.717, 1.165) is 31.5 Å². The number of benzene rings is 1. The van der Waals surface area contributed by atoms with Crippen LogP contribution in [0.25, 0.3) is 27.7 Å². The van der Waals surface area contributed by atoms with Crippen molar-refractivity contribution in [3.8, 4) is 0 Å². The molecule has 3 amide bonds.